The van der Waals surface area contributed by atoms with Gasteiger partial charge in [0.25, 0.3) is 0 Å². The Kier molecular flexibility index (Phi) is 7.82. The zero-order chi connectivity index (χ0) is 21.3. The Morgan fingerprint density at radius 1 is 1.03 bits per heavy atom. The molecule has 0 atom stereocenters. The highest BCUT2D eigenvalue weighted by Crippen LogP contribution is 2.33. The van der Waals surface area contributed by atoms with Crippen LogP contribution in [0.2, 0.25) is 5.02 Å². The highest BCUT2D eigenvalue weighted by atomic mass is 35.5. The van der Waals surface area contributed by atoms with Crippen molar-refractivity contribution in [1.29, 1.82) is 0 Å². The summed E-state index contributed by atoms with van der Waals surface area (Å²) in [6.07, 6.45) is 2.17. The van der Waals surface area contributed by atoms with E-state index in [4.69, 9.17) is 26.2 Å². The van der Waals surface area contributed by atoms with Gasteiger partial charge >= 0.3 is 5.97 Å². The predicted molar refractivity (Wildman–Crippen MR) is 122 cm³/mol. The molecule has 3 rings (SSSR count). The van der Waals surface area contributed by atoms with Crippen LogP contribution in [0.1, 0.15) is 11.1 Å². The fourth-order valence-corrected chi connectivity index (χ4v) is 4.02. The summed E-state index contributed by atoms with van der Waals surface area (Å²) in [4.78, 5) is 11.6. The quantitative estimate of drug-likeness (QED) is 0.411. The molecule has 0 unspecified atom stereocenters. The first kappa shape index (κ1) is 21.8. The average Bonchev–Trinajstić information content (AvgIpc) is 2.76. The summed E-state index contributed by atoms with van der Waals surface area (Å²) in [5.41, 5.74) is 3.23. The van der Waals surface area contributed by atoms with Crippen molar-refractivity contribution in [3.63, 3.8) is 0 Å². The molecule has 0 aliphatic rings. The number of hydrogen-bond donors (Lipinski definition) is 1. The lowest BCUT2D eigenvalue weighted by Gasteiger charge is -2.13. The van der Waals surface area contributed by atoms with Crippen molar-refractivity contribution in [1.82, 2.24) is 0 Å². The summed E-state index contributed by atoms with van der Waals surface area (Å²) in [7, 11) is 1.67. The van der Waals surface area contributed by atoms with Crippen LogP contribution < -0.4 is 9.47 Å². The van der Waals surface area contributed by atoms with Crippen LogP contribution in [-0.2, 0) is 4.79 Å². The second kappa shape index (κ2) is 10.8. The van der Waals surface area contributed by atoms with Gasteiger partial charge in [0, 0.05) is 16.2 Å². The minimum atomic E-state index is -1.04. The Labute approximate surface area is 185 Å². The number of para-hydroxylation sites is 1. The number of benzene rings is 3. The molecule has 0 heterocycles. The molecule has 0 aromatic heterocycles. The number of carboxylic acid groups (broad SMARTS) is 1. The van der Waals surface area contributed by atoms with Crippen LogP contribution in [0.15, 0.2) is 83.8 Å². The number of thioether (sulfide) groups is 1. The number of aliphatic carboxylic acids is 1. The monoisotopic (exact) mass is 440 g/mol. The molecule has 0 bridgehead atoms. The van der Waals surface area contributed by atoms with Crippen LogP contribution in [-0.4, -0.2) is 30.5 Å². The average molecular weight is 441 g/mol. The Hall–Kier alpha value is -2.89. The third kappa shape index (κ3) is 5.81. The van der Waals surface area contributed by atoms with E-state index in [0.717, 1.165) is 27.3 Å². The summed E-state index contributed by atoms with van der Waals surface area (Å²) in [5.74, 6) is 0.853. The lowest BCUT2D eigenvalue weighted by Crippen LogP contribution is -2.09. The van der Waals surface area contributed by atoms with Gasteiger partial charge in [0.05, 0.1) is 12.1 Å². The number of rotatable bonds is 9. The van der Waals surface area contributed by atoms with E-state index in [-0.39, 0.29) is 0 Å². The van der Waals surface area contributed by atoms with E-state index in [0.29, 0.717) is 16.5 Å². The van der Waals surface area contributed by atoms with E-state index in [1.54, 1.807) is 31.0 Å². The molecule has 6 heteroatoms. The first-order chi connectivity index (χ1) is 14.6. The van der Waals surface area contributed by atoms with Crippen molar-refractivity contribution in [2.24, 2.45) is 0 Å². The Balaban J connectivity index is 1.80. The van der Waals surface area contributed by atoms with Crippen LogP contribution in [0.3, 0.4) is 0 Å². The number of carboxylic acids is 1. The van der Waals surface area contributed by atoms with E-state index < -0.39 is 12.6 Å². The second-order valence-electron chi connectivity index (χ2n) is 6.27. The lowest BCUT2D eigenvalue weighted by molar-refractivity contribution is -0.139. The molecule has 4 nitrogen and oxygen atoms in total. The van der Waals surface area contributed by atoms with Gasteiger partial charge in [-0.1, -0.05) is 66.2 Å². The molecule has 0 aliphatic carbocycles. The molecule has 154 valence electrons. The Morgan fingerprint density at radius 2 is 1.77 bits per heavy atom. The fourth-order valence-electron chi connectivity index (χ4n) is 2.92. The molecule has 0 saturated carbocycles. The molecule has 0 aliphatic heterocycles. The molecule has 30 heavy (non-hydrogen) atoms. The molecule has 0 saturated heterocycles. The smallest absolute Gasteiger partial charge is 0.341 e. The maximum atomic E-state index is 10.6. The number of methoxy groups -OCH3 is 1. The zero-order valence-electron chi connectivity index (χ0n) is 16.4. The third-order valence-electron chi connectivity index (χ3n) is 4.27. The first-order valence-electron chi connectivity index (χ1n) is 9.24. The minimum Gasteiger partial charge on any atom is -0.496 e. The maximum Gasteiger partial charge on any atom is 0.341 e. The van der Waals surface area contributed by atoms with Crippen LogP contribution >= 0.6 is 23.4 Å². The van der Waals surface area contributed by atoms with Gasteiger partial charge in [-0.3, -0.25) is 0 Å². The van der Waals surface area contributed by atoms with Crippen molar-refractivity contribution >= 4 is 34.9 Å². The standard InChI is InChI=1S/C24H21ClO4S/c1-28-22-10-6-5-9-20(22)19(17-7-3-2-4-8-17)13-14-30-18-11-12-23(21(25)15-18)29-16-24(26)27/h2-13,15H,14,16H2,1H3,(H,26,27)/b19-13+. The van der Waals surface area contributed by atoms with E-state index in [1.165, 1.54) is 0 Å². The number of halogens is 1. The number of hydrogen-bond acceptors (Lipinski definition) is 4. The molecule has 3 aromatic rings. The lowest BCUT2D eigenvalue weighted by atomic mass is 9.97. The summed E-state index contributed by atoms with van der Waals surface area (Å²) in [5, 5.41) is 9.11. The summed E-state index contributed by atoms with van der Waals surface area (Å²) >= 11 is 7.85. The molecule has 0 radical (unpaired) electrons. The van der Waals surface area contributed by atoms with E-state index in [9.17, 15) is 4.79 Å². The van der Waals surface area contributed by atoms with Gasteiger partial charge < -0.3 is 14.6 Å². The van der Waals surface area contributed by atoms with E-state index in [1.807, 2.05) is 48.5 Å². The summed E-state index contributed by atoms with van der Waals surface area (Å²) in [6, 6.07) is 23.5. The van der Waals surface area contributed by atoms with E-state index >= 15 is 0 Å². The van der Waals surface area contributed by atoms with Gasteiger partial charge in [-0.05, 0) is 35.4 Å². The van der Waals surface area contributed by atoms with Gasteiger partial charge in [-0.15, -0.1) is 11.8 Å². The first-order valence-corrected chi connectivity index (χ1v) is 10.6. The molecular weight excluding hydrogens is 420 g/mol. The third-order valence-corrected chi connectivity index (χ3v) is 5.49. The molecule has 3 aromatic carbocycles. The second-order valence-corrected chi connectivity index (χ2v) is 7.77. The molecular formula is C24H21ClO4S. The Bertz CT molecular complexity index is 1030. The SMILES string of the molecule is COc1ccccc1/C(=C/CSc1ccc(OCC(=O)O)c(Cl)c1)c1ccccc1. The summed E-state index contributed by atoms with van der Waals surface area (Å²) in [6.45, 7) is -0.422. The van der Waals surface area contributed by atoms with Gasteiger partial charge in [-0.25, -0.2) is 4.79 Å². The number of ether oxygens (including phenoxy) is 2. The van der Waals surface area contributed by atoms with Gasteiger partial charge in [0.2, 0.25) is 0 Å². The van der Waals surface area contributed by atoms with Gasteiger partial charge in [-0.2, -0.15) is 0 Å². The normalized spacial score (nSPS) is 11.2. The number of carbonyl (C=O) groups is 1. The van der Waals surface area contributed by atoms with Crippen LogP contribution in [0.25, 0.3) is 5.57 Å². The Morgan fingerprint density at radius 3 is 2.47 bits per heavy atom. The highest BCUT2D eigenvalue weighted by molar-refractivity contribution is 7.99. The largest absolute Gasteiger partial charge is 0.496 e. The molecule has 1 N–H and O–H groups in total. The minimum absolute atomic E-state index is 0.359. The van der Waals surface area contributed by atoms with Crippen molar-refractivity contribution < 1.29 is 19.4 Å². The van der Waals surface area contributed by atoms with Crippen molar-refractivity contribution in [2.45, 2.75) is 4.90 Å². The van der Waals surface area contributed by atoms with Crippen LogP contribution in [0.5, 0.6) is 11.5 Å². The molecule has 0 amide bonds. The highest BCUT2D eigenvalue weighted by Gasteiger charge is 2.10. The topological polar surface area (TPSA) is 55.8 Å². The fraction of sp³-hybridized carbons (Fsp3) is 0.125. The van der Waals surface area contributed by atoms with Gasteiger partial charge in [0.15, 0.2) is 6.61 Å². The molecule has 0 spiro atoms. The predicted octanol–water partition coefficient (Wildman–Crippen LogP) is 6.04. The van der Waals surface area contributed by atoms with Crippen molar-refractivity contribution in [3.8, 4) is 11.5 Å². The maximum absolute atomic E-state index is 10.6. The van der Waals surface area contributed by atoms with Crippen molar-refractivity contribution in [3.05, 3.63) is 95.0 Å². The van der Waals surface area contributed by atoms with Gasteiger partial charge in [0.1, 0.15) is 11.5 Å². The molecule has 0 fully saturated rings. The van der Waals surface area contributed by atoms with Crippen LogP contribution in [0, 0.1) is 0 Å². The van der Waals surface area contributed by atoms with Crippen LogP contribution in [0.4, 0.5) is 0 Å². The van der Waals surface area contributed by atoms with Crippen molar-refractivity contribution in [2.75, 3.05) is 19.5 Å². The van der Waals surface area contributed by atoms with E-state index in [2.05, 4.69) is 18.2 Å². The summed E-state index contributed by atoms with van der Waals surface area (Å²) < 4.78 is 10.7. The zero-order valence-corrected chi connectivity index (χ0v) is 18.0.